The van der Waals surface area contributed by atoms with Crippen molar-refractivity contribution < 1.29 is 13.2 Å². The summed E-state index contributed by atoms with van der Waals surface area (Å²) in [6, 6.07) is 7.57. The van der Waals surface area contributed by atoms with E-state index in [2.05, 4.69) is 26.6 Å². The van der Waals surface area contributed by atoms with Crippen LogP contribution in [0.5, 0.6) is 0 Å². The molecule has 7 heteroatoms. The SMILES string of the molecule is Fc1ccc(F)c(NC(=S)NCc2ccc(F)c(Br)c2)c1. The molecule has 0 saturated heterocycles. The first-order valence-electron chi connectivity index (χ1n) is 5.89. The molecule has 0 aliphatic carbocycles. The molecule has 110 valence electrons. The normalized spacial score (nSPS) is 10.3. The van der Waals surface area contributed by atoms with E-state index in [9.17, 15) is 13.2 Å². The Morgan fingerprint density at radius 2 is 1.76 bits per heavy atom. The highest BCUT2D eigenvalue weighted by Gasteiger charge is 2.06. The third kappa shape index (κ3) is 4.44. The van der Waals surface area contributed by atoms with Crippen molar-refractivity contribution in [1.82, 2.24) is 5.32 Å². The highest BCUT2D eigenvalue weighted by Crippen LogP contribution is 2.17. The molecule has 0 aromatic heterocycles. The largest absolute Gasteiger partial charge is 0.358 e. The lowest BCUT2D eigenvalue weighted by Crippen LogP contribution is -2.28. The molecule has 0 saturated carbocycles. The molecule has 0 aliphatic heterocycles. The number of rotatable bonds is 3. The van der Waals surface area contributed by atoms with Crippen molar-refractivity contribution in [3.05, 3.63) is 63.9 Å². The smallest absolute Gasteiger partial charge is 0.171 e. The average molecular weight is 375 g/mol. The fourth-order valence-electron chi connectivity index (χ4n) is 1.59. The molecule has 2 N–H and O–H groups in total. The highest BCUT2D eigenvalue weighted by molar-refractivity contribution is 9.10. The van der Waals surface area contributed by atoms with Crippen LogP contribution in [0.25, 0.3) is 0 Å². The fraction of sp³-hybridized carbons (Fsp3) is 0.0714. The van der Waals surface area contributed by atoms with Crippen molar-refractivity contribution in [2.75, 3.05) is 5.32 Å². The second-order valence-corrected chi connectivity index (χ2v) is 5.44. The minimum atomic E-state index is -0.606. The van der Waals surface area contributed by atoms with Crippen LogP contribution in [0.15, 0.2) is 40.9 Å². The van der Waals surface area contributed by atoms with Crippen LogP contribution in [0.4, 0.5) is 18.9 Å². The van der Waals surface area contributed by atoms with Crippen LogP contribution in [0.3, 0.4) is 0 Å². The van der Waals surface area contributed by atoms with Crippen LogP contribution in [0.2, 0.25) is 0 Å². The van der Waals surface area contributed by atoms with Gasteiger partial charge in [-0.2, -0.15) is 0 Å². The number of hydrogen-bond donors (Lipinski definition) is 2. The minimum absolute atomic E-state index is 0.0483. The van der Waals surface area contributed by atoms with E-state index in [-0.39, 0.29) is 16.6 Å². The van der Waals surface area contributed by atoms with Crippen molar-refractivity contribution in [3.63, 3.8) is 0 Å². The van der Waals surface area contributed by atoms with Gasteiger partial charge in [-0.15, -0.1) is 0 Å². The summed E-state index contributed by atoms with van der Waals surface area (Å²) < 4.78 is 39.9. The molecule has 0 atom stereocenters. The molecular formula is C14H10BrF3N2S. The maximum Gasteiger partial charge on any atom is 0.171 e. The van der Waals surface area contributed by atoms with Gasteiger partial charge in [-0.25, -0.2) is 13.2 Å². The van der Waals surface area contributed by atoms with E-state index in [1.807, 2.05) is 0 Å². The van der Waals surface area contributed by atoms with Crippen LogP contribution in [0.1, 0.15) is 5.56 Å². The molecule has 0 radical (unpaired) electrons. The van der Waals surface area contributed by atoms with Gasteiger partial charge >= 0.3 is 0 Å². The number of benzene rings is 2. The van der Waals surface area contributed by atoms with Gasteiger partial charge in [0.05, 0.1) is 10.2 Å². The summed E-state index contributed by atoms with van der Waals surface area (Å²) in [6.45, 7) is 0.321. The van der Waals surface area contributed by atoms with Gasteiger partial charge in [0.2, 0.25) is 0 Å². The number of nitrogens with one attached hydrogen (secondary N) is 2. The number of thiocarbonyl (C=S) groups is 1. The van der Waals surface area contributed by atoms with E-state index in [1.54, 1.807) is 12.1 Å². The van der Waals surface area contributed by atoms with E-state index in [0.717, 1.165) is 23.8 Å². The van der Waals surface area contributed by atoms with Gasteiger partial charge in [-0.05, 0) is 58.0 Å². The van der Waals surface area contributed by atoms with Gasteiger partial charge < -0.3 is 10.6 Å². The lowest BCUT2D eigenvalue weighted by atomic mass is 10.2. The summed E-state index contributed by atoms with van der Waals surface area (Å²) in [5, 5.41) is 5.53. The Morgan fingerprint density at radius 3 is 2.48 bits per heavy atom. The summed E-state index contributed by atoms with van der Waals surface area (Å²) in [6.07, 6.45) is 0. The van der Waals surface area contributed by atoms with Crippen LogP contribution < -0.4 is 10.6 Å². The zero-order valence-electron chi connectivity index (χ0n) is 10.6. The first-order valence-corrected chi connectivity index (χ1v) is 7.09. The predicted octanol–water partition coefficient (Wildman–Crippen LogP) is 4.35. The van der Waals surface area contributed by atoms with Crippen molar-refractivity contribution in [1.29, 1.82) is 0 Å². The Balaban J connectivity index is 1.95. The number of halogens is 4. The molecule has 0 heterocycles. The Labute approximate surface area is 133 Å². The summed E-state index contributed by atoms with van der Waals surface area (Å²) in [7, 11) is 0. The molecule has 21 heavy (non-hydrogen) atoms. The van der Waals surface area contributed by atoms with Gasteiger partial charge in [-0.1, -0.05) is 6.07 Å². The molecular weight excluding hydrogens is 365 g/mol. The fourth-order valence-corrected chi connectivity index (χ4v) is 2.20. The van der Waals surface area contributed by atoms with Crippen molar-refractivity contribution in [2.24, 2.45) is 0 Å². The van der Waals surface area contributed by atoms with Gasteiger partial charge in [0.1, 0.15) is 17.5 Å². The maximum absolute atomic E-state index is 13.4. The highest BCUT2D eigenvalue weighted by atomic mass is 79.9. The van der Waals surface area contributed by atoms with E-state index in [4.69, 9.17) is 12.2 Å². The Morgan fingerprint density at radius 1 is 1.05 bits per heavy atom. The van der Waals surface area contributed by atoms with E-state index >= 15 is 0 Å². The molecule has 0 fully saturated rings. The number of anilines is 1. The molecule has 2 nitrogen and oxygen atoms in total. The van der Waals surface area contributed by atoms with E-state index in [0.29, 0.717) is 11.0 Å². The predicted molar refractivity (Wildman–Crippen MR) is 83.5 cm³/mol. The molecule has 0 amide bonds. The zero-order valence-corrected chi connectivity index (χ0v) is 13.0. The summed E-state index contributed by atoms with van der Waals surface area (Å²) in [5.41, 5.74) is 0.736. The zero-order chi connectivity index (χ0) is 15.4. The Kier molecular flexibility index (Phi) is 5.19. The summed E-state index contributed by atoms with van der Waals surface area (Å²) >= 11 is 8.08. The molecule has 2 aromatic rings. The van der Waals surface area contributed by atoms with E-state index < -0.39 is 11.6 Å². The molecule has 0 spiro atoms. The first-order chi connectivity index (χ1) is 9.95. The van der Waals surface area contributed by atoms with Crippen molar-refractivity contribution >= 4 is 38.9 Å². The van der Waals surface area contributed by atoms with Crippen LogP contribution in [0, 0.1) is 17.5 Å². The molecule has 2 rings (SSSR count). The van der Waals surface area contributed by atoms with Crippen LogP contribution in [-0.2, 0) is 6.54 Å². The van der Waals surface area contributed by atoms with Gasteiger partial charge in [0.25, 0.3) is 0 Å². The Hall–Kier alpha value is -1.60. The van der Waals surface area contributed by atoms with Gasteiger partial charge in [0, 0.05) is 12.6 Å². The van der Waals surface area contributed by atoms with Crippen LogP contribution >= 0.6 is 28.1 Å². The average Bonchev–Trinajstić information content (AvgIpc) is 2.44. The third-order valence-electron chi connectivity index (χ3n) is 2.61. The van der Waals surface area contributed by atoms with Crippen molar-refractivity contribution in [3.8, 4) is 0 Å². The molecule has 0 unspecified atom stereocenters. The molecule has 0 aliphatic rings. The van der Waals surface area contributed by atoms with Gasteiger partial charge in [-0.3, -0.25) is 0 Å². The quantitative estimate of drug-likeness (QED) is 0.780. The third-order valence-corrected chi connectivity index (χ3v) is 3.47. The standard InChI is InChI=1S/C14H10BrF3N2S/c15-10-5-8(1-3-11(10)17)7-19-14(21)20-13-6-9(16)2-4-12(13)18/h1-6H,7H2,(H2,19,20,21). The summed E-state index contributed by atoms with van der Waals surface area (Å²) in [5.74, 6) is -1.53. The molecule has 0 bridgehead atoms. The minimum Gasteiger partial charge on any atom is -0.358 e. The number of hydrogen-bond acceptors (Lipinski definition) is 1. The second-order valence-electron chi connectivity index (χ2n) is 4.18. The second kappa shape index (κ2) is 6.91. The lowest BCUT2D eigenvalue weighted by Gasteiger charge is -2.11. The lowest BCUT2D eigenvalue weighted by molar-refractivity contribution is 0.604. The summed E-state index contributed by atoms with van der Waals surface area (Å²) in [4.78, 5) is 0. The van der Waals surface area contributed by atoms with Crippen molar-refractivity contribution in [2.45, 2.75) is 6.54 Å². The monoisotopic (exact) mass is 374 g/mol. The molecule has 2 aromatic carbocycles. The first kappa shape index (κ1) is 15.8. The topological polar surface area (TPSA) is 24.1 Å². The van der Waals surface area contributed by atoms with E-state index in [1.165, 1.54) is 6.07 Å². The Bertz CT molecular complexity index is 679. The maximum atomic E-state index is 13.4. The van der Waals surface area contributed by atoms with Crippen LogP contribution in [-0.4, -0.2) is 5.11 Å². The van der Waals surface area contributed by atoms with Gasteiger partial charge in [0.15, 0.2) is 5.11 Å².